The van der Waals surface area contributed by atoms with Crippen LogP contribution >= 0.6 is 11.6 Å². The molecule has 0 atom stereocenters. The highest BCUT2D eigenvalue weighted by atomic mass is 35.5. The summed E-state index contributed by atoms with van der Waals surface area (Å²) in [7, 11) is 1.98. The van der Waals surface area contributed by atoms with Crippen LogP contribution in [0.15, 0.2) is 30.6 Å². The van der Waals surface area contributed by atoms with Crippen molar-refractivity contribution >= 4 is 11.6 Å². The average Bonchev–Trinajstić information content (AvgIpc) is 2.84. The first-order valence-corrected chi connectivity index (χ1v) is 6.98. The van der Waals surface area contributed by atoms with Crippen molar-refractivity contribution in [2.24, 2.45) is 7.05 Å². The maximum absolute atomic E-state index is 5.82. The second kappa shape index (κ2) is 7.02. The lowest BCUT2D eigenvalue weighted by Crippen LogP contribution is -2.07. The number of hydrogen-bond donors (Lipinski definition) is 0. The minimum atomic E-state index is 0.320. The van der Waals surface area contributed by atoms with Crippen molar-refractivity contribution < 1.29 is 4.74 Å². The molecule has 0 aliphatic carbocycles. The molecule has 0 N–H and O–H groups in total. The van der Waals surface area contributed by atoms with Gasteiger partial charge in [-0.15, -0.1) is 11.6 Å². The van der Waals surface area contributed by atoms with Crippen LogP contribution in [0.3, 0.4) is 0 Å². The predicted octanol–water partition coefficient (Wildman–Crippen LogP) is 2.94. The van der Waals surface area contributed by atoms with Crippen LogP contribution in [-0.4, -0.2) is 22.0 Å². The van der Waals surface area contributed by atoms with Crippen molar-refractivity contribution in [3.63, 3.8) is 0 Å². The van der Waals surface area contributed by atoms with Crippen LogP contribution in [0, 0.1) is 18.8 Å². The molecule has 0 bridgehead atoms. The van der Waals surface area contributed by atoms with Crippen molar-refractivity contribution in [3.8, 4) is 17.6 Å². The van der Waals surface area contributed by atoms with E-state index in [0.717, 1.165) is 29.1 Å². The number of halogens is 1. The van der Waals surface area contributed by atoms with E-state index >= 15 is 0 Å². The standard InChI is InChI=1S/C16H17ClN2O/c1-13-5-6-15(14(12-13)4-3-8-17)20-11-7-16-18-9-10-19(16)2/h5-6,9-10,12H,7-8,11H2,1-2H3. The molecule has 0 spiro atoms. The van der Waals surface area contributed by atoms with E-state index in [1.165, 1.54) is 0 Å². The Morgan fingerprint density at radius 3 is 2.95 bits per heavy atom. The fourth-order valence-corrected chi connectivity index (χ4v) is 1.95. The minimum absolute atomic E-state index is 0.320. The lowest BCUT2D eigenvalue weighted by Gasteiger charge is -2.09. The molecule has 0 aliphatic rings. The fourth-order valence-electron chi connectivity index (χ4n) is 1.89. The van der Waals surface area contributed by atoms with E-state index < -0.39 is 0 Å². The van der Waals surface area contributed by atoms with Crippen molar-refractivity contribution in [1.29, 1.82) is 0 Å². The smallest absolute Gasteiger partial charge is 0.134 e. The minimum Gasteiger partial charge on any atom is -0.492 e. The van der Waals surface area contributed by atoms with Crippen LogP contribution in [0.5, 0.6) is 5.75 Å². The molecular formula is C16H17ClN2O. The van der Waals surface area contributed by atoms with Gasteiger partial charge in [-0.3, -0.25) is 0 Å². The summed E-state index contributed by atoms with van der Waals surface area (Å²) in [6.45, 7) is 2.60. The Kier molecular flexibility index (Phi) is 5.09. The zero-order valence-corrected chi connectivity index (χ0v) is 12.4. The summed E-state index contributed by atoms with van der Waals surface area (Å²) in [5.41, 5.74) is 2.03. The largest absolute Gasteiger partial charge is 0.492 e. The maximum atomic E-state index is 5.82. The van der Waals surface area contributed by atoms with E-state index in [0.29, 0.717) is 12.5 Å². The van der Waals surface area contributed by atoms with Gasteiger partial charge >= 0.3 is 0 Å². The average molecular weight is 289 g/mol. The Morgan fingerprint density at radius 1 is 1.40 bits per heavy atom. The third kappa shape index (κ3) is 3.79. The molecule has 0 aliphatic heterocycles. The van der Waals surface area contributed by atoms with Gasteiger partial charge in [-0.25, -0.2) is 4.98 Å². The van der Waals surface area contributed by atoms with Gasteiger partial charge < -0.3 is 9.30 Å². The van der Waals surface area contributed by atoms with Gasteiger partial charge in [0.25, 0.3) is 0 Å². The van der Waals surface area contributed by atoms with Crippen LogP contribution in [0.25, 0.3) is 0 Å². The molecule has 0 radical (unpaired) electrons. The first kappa shape index (κ1) is 14.5. The molecule has 104 valence electrons. The Labute approximate surface area is 124 Å². The van der Waals surface area contributed by atoms with Gasteiger partial charge in [0, 0.05) is 25.9 Å². The Morgan fingerprint density at radius 2 is 2.25 bits per heavy atom. The number of imidazole rings is 1. The Hall–Kier alpha value is -1.92. The van der Waals surface area contributed by atoms with Crippen LogP contribution in [0.2, 0.25) is 0 Å². The second-order valence-corrected chi connectivity index (χ2v) is 4.76. The number of ether oxygens (including phenoxy) is 1. The lowest BCUT2D eigenvalue weighted by atomic mass is 10.1. The summed E-state index contributed by atoms with van der Waals surface area (Å²) in [6.07, 6.45) is 4.48. The van der Waals surface area contributed by atoms with E-state index in [9.17, 15) is 0 Å². The number of nitrogens with zero attached hydrogens (tertiary/aromatic N) is 2. The molecule has 1 aromatic carbocycles. The summed E-state index contributed by atoms with van der Waals surface area (Å²) in [6, 6.07) is 5.98. The molecule has 1 aromatic heterocycles. The molecule has 0 amide bonds. The Bertz CT molecular complexity index is 637. The lowest BCUT2D eigenvalue weighted by molar-refractivity contribution is 0.316. The molecule has 0 saturated heterocycles. The zero-order valence-electron chi connectivity index (χ0n) is 11.7. The van der Waals surface area contributed by atoms with E-state index in [1.54, 1.807) is 6.20 Å². The van der Waals surface area contributed by atoms with Gasteiger partial charge in [-0.2, -0.15) is 0 Å². The first-order valence-electron chi connectivity index (χ1n) is 6.45. The van der Waals surface area contributed by atoms with E-state index in [1.807, 2.05) is 42.9 Å². The predicted molar refractivity (Wildman–Crippen MR) is 81.2 cm³/mol. The highest BCUT2D eigenvalue weighted by Gasteiger charge is 2.04. The van der Waals surface area contributed by atoms with E-state index in [2.05, 4.69) is 16.8 Å². The molecule has 2 aromatic rings. The van der Waals surface area contributed by atoms with Gasteiger partial charge in [-0.1, -0.05) is 17.9 Å². The van der Waals surface area contributed by atoms with Crippen molar-refractivity contribution in [2.45, 2.75) is 13.3 Å². The third-order valence-electron chi connectivity index (χ3n) is 2.93. The maximum Gasteiger partial charge on any atom is 0.134 e. The van der Waals surface area contributed by atoms with Gasteiger partial charge in [0.15, 0.2) is 0 Å². The van der Waals surface area contributed by atoms with Crippen molar-refractivity contribution in [3.05, 3.63) is 47.5 Å². The summed E-state index contributed by atoms with van der Waals surface area (Å²) >= 11 is 5.61. The molecule has 0 fully saturated rings. The van der Waals surface area contributed by atoms with Gasteiger partial charge in [0.1, 0.15) is 11.6 Å². The number of alkyl halides is 1. The fraction of sp³-hybridized carbons (Fsp3) is 0.312. The van der Waals surface area contributed by atoms with Crippen LogP contribution in [-0.2, 0) is 13.5 Å². The molecule has 3 nitrogen and oxygen atoms in total. The van der Waals surface area contributed by atoms with Gasteiger partial charge in [0.2, 0.25) is 0 Å². The molecule has 2 rings (SSSR count). The quantitative estimate of drug-likeness (QED) is 0.639. The molecule has 1 heterocycles. The molecular weight excluding hydrogens is 272 g/mol. The van der Waals surface area contributed by atoms with Crippen molar-refractivity contribution in [1.82, 2.24) is 9.55 Å². The van der Waals surface area contributed by atoms with Crippen LogP contribution in [0.1, 0.15) is 17.0 Å². The summed E-state index contributed by atoms with van der Waals surface area (Å²) in [5, 5.41) is 0. The van der Waals surface area contributed by atoms with Gasteiger partial charge in [0.05, 0.1) is 18.1 Å². The number of benzene rings is 1. The Balaban J connectivity index is 2.03. The number of hydrogen-bond acceptors (Lipinski definition) is 2. The van der Waals surface area contributed by atoms with E-state index in [4.69, 9.17) is 16.3 Å². The molecule has 0 unspecified atom stereocenters. The second-order valence-electron chi connectivity index (χ2n) is 4.49. The van der Waals surface area contributed by atoms with Crippen LogP contribution in [0.4, 0.5) is 0 Å². The number of rotatable bonds is 4. The summed E-state index contributed by atoms with van der Waals surface area (Å²) < 4.78 is 7.81. The third-order valence-corrected chi connectivity index (χ3v) is 3.06. The van der Waals surface area contributed by atoms with Crippen molar-refractivity contribution in [2.75, 3.05) is 12.5 Å². The number of aromatic nitrogens is 2. The summed E-state index contributed by atoms with van der Waals surface area (Å²) in [4.78, 5) is 4.27. The molecule has 4 heteroatoms. The van der Waals surface area contributed by atoms with E-state index in [-0.39, 0.29) is 0 Å². The highest BCUT2D eigenvalue weighted by molar-refractivity contribution is 6.19. The van der Waals surface area contributed by atoms with Gasteiger partial charge in [-0.05, 0) is 24.6 Å². The zero-order chi connectivity index (χ0) is 14.4. The normalized spacial score (nSPS) is 9.95. The number of aryl methyl sites for hydroxylation is 2. The summed E-state index contributed by atoms with van der Waals surface area (Å²) in [5.74, 6) is 8.01. The SMILES string of the molecule is Cc1ccc(OCCc2nccn2C)c(C#CCCl)c1. The van der Waals surface area contributed by atoms with Crippen LogP contribution < -0.4 is 4.74 Å². The molecule has 20 heavy (non-hydrogen) atoms. The topological polar surface area (TPSA) is 27.1 Å². The highest BCUT2D eigenvalue weighted by Crippen LogP contribution is 2.19. The first-order chi connectivity index (χ1) is 9.70. The monoisotopic (exact) mass is 288 g/mol. The molecule has 0 saturated carbocycles.